The Bertz CT molecular complexity index is 835. The van der Waals surface area contributed by atoms with E-state index in [0.29, 0.717) is 0 Å². The molecule has 0 unspecified atom stereocenters. The summed E-state index contributed by atoms with van der Waals surface area (Å²) in [5, 5.41) is -0.684. The number of amides is 2. The van der Waals surface area contributed by atoms with Gasteiger partial charge in [-0.15, -0.1) is 0 Å². The van der Waals surface area contributed by atoms with Crippen molar-refractivity contribution in [3.8, 4) is 0 Å². The van der Waals surface area contributed by atoms with Crippen LogP contribution in [0.1, 0.15) is 28.0 Å². The summed E-state index contributed by atoms with van der Waals surface area (Å²) >= 11 is 5.79. The Labute approximate surface area is 136 Å². The standard InChI is InChI=1S/C12H11ClN4O5S/c1-2-23(20,21)12-14-6-7(13)9(15-12)11(19)17-16-10(18)8-4-3-5-22-8/h3-6H,2H2,1H3,(H,16,18)(H,17,19). The first-order valence-corrected chi connectivity index (χ1v) is 8.27. The second-order valence-corrected chi connectivity index (χ2v) is 6.72. The van der Waals surface area contributed by atoms with Crippen LogP contribution in [0.15, 0.2) is 34.2 Å². The number of hydrogen-bond acceptors (Lipinski definition) is 7. The minimum atomic E-state index is -3.70. The lowest BCUT2D eigenvalue weighted by Crippen LogP contribution is -2.42. The number of aromatic nitrogens is 2. The maximum atomic E-state index is 12.0. The molecular weight excluding hydrogens is 348 g/mol. The number of hydrazine groups is 1. The number of sulfone groups is 1. The van der Waals surface area contributed by atoms with Gasteiger partial charge < -0.3 is 4.42 Å². The molecule has 0 radical (unpaired) electrons. The van der Waals surface area contributed by atoms with Gasteiger partial charge in [-0.05, 0) is 12.1 Å². The molecule has 2 heterocycles. The Kier molecular flexibility index (Phi) is 4.96. The van der Waals surface area contributed by atoms with Gasteiger partial charge in [0, 0.05) is 0 Å². The zero-order chi connectivity index (χ0) is 17.0. The van der Waals surface area contributed by atoms with Crippen LogP contribution < -0.4 is 10.9 Å². The molecule has 0 fully saturated rings. The molecular formula is C12H11ClN4O5S. The van der Waals surface area contributed by atoms with Crippen molar-refractivity contribution in [1.82, 2.24) is 20.8 Å². The van der Waals surface area contributed by atoms with Gasteiger partial charge in [-0.1, -0.05) is 18.5 Å². The van der Waals surface area contributed by atoms with Gasteiger partial charge in [0.25, 0.3) is 5.91 Å². The number of nitrogens with one attached hydrogen (secondary N) is 2. The smallest absolute Gasteiger partial charge is 0.305 e. The fourth-order valence-electron chi connectivity index (χ4n) is 1.43. The molecule has 11 heteroatoms. The second kappa shape index (κ2) is 6.75. The quantitative estimate of drug-likeness (QED) is 0.604. The SMILES string of the molecule is CCS(=O)(=O)c1ncc(Cl)c(C(=O)NNC(=O)c2ccco2)n1. The van der Waals surface area contributed by atoms with Crippen LogP contribution in [0, 0.1) is 0 Å². The van der Waals surface area contributed by atoms with Gasteiger partial charge in [-0.25, -0.2) is 18.4 Å². The second-order valence-electron chi connectivity index (χ2n) is 4.14. The average molecular weight is 359 g/mol. The van der Waals surface area contributed by atoms with E-state index in [9.17, 15) is 18.0 Å². The van der Waals surface area contributed by atoms with E-state index >= 15 is 0 Å². The summed E-state index contributed by atoms with van der Waals surface area (Å²) < 4.78 is 28.3. The highest BCUT2D eigenvalue weighted by molar-refractivity contribution is 7.91. The number of nitrogens with zero attached hydrogens (tertiary/aromatic N) is 2. The minimum Gasteiger partial charge on any atom is -0.459 e. The van der Waals surface area contributed by atoms with Crippen molar-refractivity contribution in [1.29, 1.82) is 0 Å². The van der Waals surface area contributed by atoms with E-state index in [0.717, 1.165) is 6.20 Å². The highest BCUT2D eigenvalue weighted by Crippen LogP contribution is 2.14. The van der Waals surface area contributed by atoms with Gasteiger partial charge in [0.2, 0.25) is 15.0 Å². The van der Waals surface area contributed by atoms with Crippen LogP contribution >= 0.6 is 11.6 Å². The highest BCUT2D eigenvalue weighted by Gasteiger charge is 2.21. The third-order valence-electron chi connectivity index (χ3n) is 2.63. The fraction of sp³-hybridized carbons (Fsp3) is 0.167. The van der Waals surface area contributed by atoms with Crippen molar-refractivity contribution in [3.05, 3.63) is 41.1 Å². The molecule has 2 N–H and O–H groups in total. The minimum absolute atomic E-state index is 0.0201. The number of hydrogen-bond donors (Lipinski definition) is 2. The third kappa shape index (κ3) is 3.85. The predicted octanol–water partition coefficient (Wildman–Crippen LogP) is 0.591. The zero-order valence-electron chi connectivity index (χ0n) is 11.7. The molecule has 0 saturated heterocycles. The van der Waals surface area contributed by atoms with Crippen LogP contribution in [0.3, 0.4) is 0 Å². The van der Waals surface area contributed by atoms with Crippen molar-refractivity contribution >= 4 is 33.3 Å². The Morgan fingerprint density at radius 2 is 2.00 bits per heavy atom. The molecule has 0 atom stereocenters. The first-order valence-electron chi connectivity index (χ1n) is 6.24. The topological polar surface area (TPSA) is 131 Å². The highest BCUT2D eigenvalue weighted by atomic mass is 35.5. The third-order valence-corrected chi connectivity index (χ3v) is 4.42. The van der Waals surface area contributed by atoms with E-state index in [2.05, 4.69) is 20.8 Å². The summed E-state index contributed by atoms with van der Waals surface area (Å²) in [6, 6.07) is 2.89. The summed E-state index contributed by atoms with van der Waals surface area (Å²) in [5.74, 6) is -1.85. The van der Waals surface area contributed by atoms with E-state index in [-0.39, 0.29) is 22.2 Å². The molecule has 9 nitrogen and oxygen atoms in total. The summed E-state index contributed by atoms with van der Waals surface area (Å²) in [4.78, 5) is 30.8. The van der Waals surface area contributed by atoms with Crippen molar-refractivity contribution in [2.45, 2.75) is 12.1 Å². The van der Waals surface area contributed by atoms with Gasteiger partial charge in [-0.3, -0.25) is 20.4 Å². The zero-order valence-corrected chi connectivity index (χ0v) is 13.3. The predicted molar refractivity (Wildman–Crippen MR) is 78.4 cm³/mol. The van der Waals surface area contributed by atoms with Gasteiger partial charge in [0.15, 0.2) is 11.5 Å². The Hall–Kier alpha value is -2.46. The van der Waals surface area contributed by atoms with Crippen LogP contribution in [0.4, 0.5) is 0 Å². The number of rotatable bonds is 4. The van der Waals surface area contributed by atoms with Crippen LogP contribution in [0.25, 0.3) is 0 Å². The van der Waals surface area contributed by atoms with Crippen molar-refractivity contribution in [3.63, 3.8) is 0 Å². The normalized spacial score (nSPS) is 11.0. The monoisotopic (exact) mass is 358 g/mol. The van der Waals surface area contributed by atoms with E-state index in [1.165, 1.54) is 25.3 Å². The molecule has 2 rings (SSSR count). The number of carbonyl (C=O) groups is 2. The summed E-state index contributed by atoms with van der Waals surface area (Å²) in [6.45, 7) is 1.41. The lowest BCUT2D eigenvalue weighted by Gasteiger charge is -2.07. The number of furan rings is 1. The Morgan fingerprint density at radius 1 is 1.30 bits per heavy atom. The molecule has 2 amide bonds. The maximum absolute atomic E-state index is 12.0. The molecule has 23 heavy (non-hydrogen) atoms. The Balaban J connectivity index is 2.16. The largest absolute Gasteiger partial charge is 0.459 e. The summed E-state index contributed by atoms with van der Waals surface area (Å²) in [6.07, 6.45) is 2.29. The average Bonchev–Trinajstić information content (AvgIpc) is 3.07. The van der Waals surface area contributed by atoms with Gasteiger partial charge in [0.05, 0.1) is 23.2 Å². The first kappa shape index (κ1) is 16.9. The molecule has 0 saturated carbocycles. The van der Waals surface area contributed by atoms with E-state index < -0.39 is 26.8 Å². The summed E-state index contributed by atoms with van der Waals surface area (Å²) in [7, 11) is -3.70. The lowest BCUT2D eigenvalue weighted by atomic mass is 10.4. The van der Waals surface area contributed by atoms with Crippen LogP contribution in [-0.4, -0.2) is 36.0 Å². The Morgan fingerprint density at radius 3 is 2.61 bits per heavy atom. The van der Waals surface area contributed by atoms with Crippen molar-refractivity contribution in [2.24, 2.45) is 0 Å². The molecule has 0 aliphatic rings. The summed E-state index contributed by atoms with van der Waals surface area (Å²) in [5.41, 5.74) is 3.76. The maximum Gasteiger partial charge on any atom is 0.305 e. The molecule has 0 bridgehead atoms. The molecule has 0 spiro atoms. The van der Waals surface area contributed by atoms with E-state index in [1.807, 2.05) is 0 Å². The van der Waals surface area contributed by atoms with Crippen molar-refractivity contribution in [2.75, 3.05) is 5.75 Å². The lowest BCUT2D eigenvalue weighted by molar-refractivity contribution is 0.0828. The van der Waals surface area contributed by atoms with Crippen molar-refractivity contribution < 1.29 is 22.4 Å². The van der Waals surface area contributed by atoms with Crippen LogP contribution in [0.2, 0.25) is 5.02 Å². The first-order chi connectivity index (χ1) is 10.8. The van der Waals surface area contributed by atoms with E-state index in [4.69, 9.17) is 16.0 Å². The number of halogens is 1. The van der Waals surface area contributed by atoms with E-state index in [1.54, 1.807) is 0 Å². The van der Waals surface area contributed by atoms with Crippen LogP contribution in [-0.2, 0) is 9.84 Å². The molecule has 2 aromatic rings. The molecule has 2 aromatic heterocycles. The number of carbonyl (C=O) groups excluding carboxylic acids is 2. The molecule has 0 aliphatic carbocycles. The molecule has 0 aliphatic heterocycles. The fourth-order valence-corrected chi connectivity index (χ4v) is 2.31. The van der Waals surface area contributed by atoms with Crippen LogP contribution in [0.5, 0.6) is 0 Å². The molecule has 122 valence electrons. The van der Waals surface area contributed by atoms with Gasteiger partial charge in [-0.2, -0.15) is 0 Å². The van der Waals surface area contributed by atoms with Gasteiger partial charge in [0.1, 0.15) is 0 Å². The van der Waals surface area contributed by atoms with Gasteiger partial charge >= 0.3 is 5.91 Å². The molecule has 0 aromatic carbocycles.